The summed E-state index contributed by atoms with van der Waals surface area (Å²) in [6.45, 7) is 3.61. The Kier molecular flexibility index (Phi) is 5.80. The van der Waals surface area contributed by atoms with Gasteiger partial charge in [0.2, 0.25) is 0 Å². The van der Waals surface area contributed by atoms with Crippen molar-refractivity contribution in [1.82, 2.24) is 20.0 Å². The fourth-order valence-electron chi connectivity index (χ4n) is 1.62. The highest BCUT2D eigenvalue weighted by atomic mass is 16.3. The molecular weight excluding hydrogens is 232 g/mol. The van der Waals surface area contributed by atoms with E-state index in [1.165, 1.54) is 0 Å². The van der Waals surface area contributed by atoms with Gasteiger partial charge >= 0.3 is 0 Å². The van der Waals surface area contributed by atoms with Crippen LogP contribution < -0.4 is 5.32 Å². The lowest BCUT2D eigenvalue weighted by Crippen LogP contribution is -2.37. The van der Waals surface area contributed by atoms with Gasteiger partial charge in [-0.2, -0.15) is 5.10 Å². The maximum atomic E-state index is 11.7. The minimum absolute atomic E-state index is 0.234. The first kappa shape index (κ1) is 14.7. The van der Waals surface area contributed by atoms with E-state index in [1.54, 1.807) is 16.9 Å². The molecule has 0 spiro atoms. The van der Waals surface area contributed by atoms with Crippen LogP contribution in [0.4, 0.5) is 0 Å². The molecule has 2 N–H and O–H groups in total. The van der Waals surface area contributed by atoms with Crippen molar-refractivity contribution >= 4 is 5.91 Å². The van der Waals surface area contributed by atoms with Crippen molar-refractivity contribution in [1.29, 1.82) is 0 Å². The average molecular weight is 254 g/mol. The monoisotopic (exact) mass is 254 g/mol. The molecule has 102 valence electrons. The molecule has 0 fully saturated rings. The lowest BCUT2D eigenvalue weighted by molar-refractivity contribution is 0.0887. The van der Waals surface area contributed by atoms with E-state index in [0.29, 0.717) is 12.2 Å². The standard InChI is InChI=1S/C12H22N4O2/c1-4-6-16-7-5-11(14-16)12(18)13-8-10(17)9-15(2)3/h5,7,10,17H,4,6,8-9H2,1-3H3,(H,13,18). The van der Waals surface area contributed by atoms with Crippen molar-refractivity contribution in [2.24, 2.45) is 0 Å². The molecular formula is C12H22N4O2. The predicted octanol–water partition coefficient (Wildman–Crippen LogP) is -0.0546. The van der Waals surface area contributed by atoms with Crippen molar-refractivity contribution in [2.75, 3.05) is 27.2 Å². The molecule has 6 nitrogen and oxygen atoms in total. The number of nitrogens with one attached hydrogen (secondary N) is 1. The summed E-state index contributed by atoms with van der Waals surface area (Å²) >= 11 is 0. The first-order chi connectivity index (χ1) is 8.52. The molecule has 0 aliphatic rings. The molecule has 1 atom stereocenters. The Morgan fingerprint density at radius 3 is 2.94 bits per heavy atom. The van der Waals surface area contributed by atoms with Gasteiger partial charge in [-0.25, -0.2) is 0 Å². The lowest BCUT2D eigenvalue weighted by Gasteiger charge is -2.15. The highest BCUT2D eigenvalue weighted by Gasteiger charge is 2.11. The Labute approximate surface area is 108 Å². The summed E-state index contributed by atoms with van der Waals surface area (Å²) in [7, 11) is 3.74. The molecule has 6 heteroatoms. The Balaban J connectivity index is 2.40. The van der Waals surface area contributed by atoms with Crippen molar-refractivity contribution in [2.45, 2.75) is 26.0 Å². The van der Waals surface area contributed by atoms with Crippen LogP contribution in [0, 0.1) is 0 Å². The lowest BCUT2D eigenvalue weighted by atomic mass is 10.3. The highest BCUT2D eigenvalue weighted by Crippen LogP contribution is 1.97. The SMILES string of the molecule is CCCn1ccc(C(=O)NCC(O)CN(C)C)n1. The van der Waals surface area contributed by atoms with Crippen LogP contribution in [0.25, 0.3) is 0 Å². The van der Waals surface area contributed by atoms with Crippen LogP contribution in [0.1, 0.15) is 23.8 Å². The molecule has 1 unspecified atom stereocenters. The molecule has 0 aliphatic heterocycles. The van der Waals surface area contributed by atoms with Gasteiger partial charge < -0.3 is 15.3 Å². The number of hydrogen-bond acceptors (Lipinski definition) is 4. The van der Waals surface area contributed by atoms with Crippen molar-refractivity contribution in [3.05, 3.63) is 18.0 Å². The molecule has 1 amide bonds. The Hall–Kier alpha value is -1.40. The number of aliphatic hydroxyl groups excluding tert-OH is 1. The number of carbonyl (C=O) groups is 1. The summed E-state index contributed by atoms with van der Waals surface area (Å²) in [5, 5.41) is 16.4. The minimum atomic E-state index is -0.568. The third-order valence-electron chi connectivity index (χ3n) is 2.40. The Morgan fingerprint density at radius 2 is 2.33 bits per heavy atom. The van der Waals surface area contributed by atoms with Crippen LogP contribution in [0.3, 0.4) is 0 Å². The van der Waals surface area contributed by atoms with E-state index in [4.69, 9.17) is 0 Å². The number of likely N-dealkylation sites (N-methyl/N-ethyl adjacent to an activating group) is 1. The van der Waals surface area contributed by atoms with Crippen LogP contribution in [0.15, 0.2) is 12.3 Å². The number of nitrogens with zero attached hydrogens (tertiary/aromatic N) is 3. The van der Waals surface area contributed by atoms with Gasteiger partial charge in [0, 0.05) is 25.8 Å². The quantitative estimate of drug-likeness (QED) is 0.715. The molecule has 18 heavy (non-hydrogen) atoms. The van der Waals surface area contributed by atoms with Gasteiger partial charge in [0.05, 0.1) is 6.10 Å². The molecule has 0 aliphatic carbocycles. The maximum absolute atomic E-state index is 11.7. The zero-order chi connectivity index (χ0) is 13.5. The number of amides is 1. The summed E-state index contributed by atoms with van der Waals surface area (Å²) < 4.78 is 1.74. The molecule has 0 aromatic carbocycles. The van der Waals surface area contributed by atoms with Crippen molar-refractivity contribution in [3.8, 4) is 0 Å². The predicted molar refractivity (Wildman–Crippen MR) is 69.4 cm³/mol. The molecule has 0 radical (unpaired) electrons. The first-order valence-electron chi connectivity index (χ1n) is 6.17. The van der Waals surface area contributed by atoms with Crippen LogP contribution in [-0.4, -0.2) is 59.0 Å². The zero-order valence-corrected chi connectivity index (χ0v) is 11.3. The Bertz CT molecular complexity index is 376. The molecule has 1 aromatic heterocycles. The van der Waals surface area contributed by atoms with Crippen LogP contribution in [-0.2, 0) is 6.54 Å². The second kappa shape index (κ2) is 7.13. The van der Waals surface area contributed by atoms with E-state index in [9.17, 15) is 9.90 Å². The highest BCUT2D eigenvalue weighted by molar-refractivity contribution is 5.92. The van der Waals surface area contributed by atoms with E-state index in [-0.39, 0.29) is 12.5 Å². The summed E-state index contributed by atoms with van der Waals surface area (Å²) in [5.74, 6) is -0.248. The van der Waals surface area contributed by atoms with E-state index in [0.717, 1.165) is 13.0 Å². The smallest absolute Gasteiger partial charge is 0.271 e. The maximum Gasteiger partial charge on any atom is 0.271 e. The Morgan fingerprint density at radius 1 is 1.61 bits per heavy atom. The molecule has 1 rings (SSSR count). The minimum Gasteiger partial charge on any atom is -0.390 e. The number of carbonyl (C=O) groups excluding carboxylic acids is 1. The third-order valence-corrected chi connectivity index (χ3v) is 2.40. The number of rotatable bonds is 7. The summed E-state index contributed by atoms with van der Waals surface area (Å²) in [6.07, 6.45) is 2.19. The second-order valence-electron chi connectivity index (χ2n) is 4.59. The van der Waals surface area contributed by atoms with Gasteiger partial charge in [-0.05, 0) is 26.6 Å². The number of aryl methyl sites for hydroxylation is 1. The largest absolute Gasteiger partial charge is 0.390 e. The molecule has 1 heterocycles. The van der Waals surface area contributed by atoms with Crippen molar-refractivity contribution < 1.29 is 9.90 Å². The van der Waals surface area contributed by atoms with Gasteiger partial charge in [0.25, 0.3) is 5.91 Å². The fourth-order valence-corrected chi connectivity index (χ4v) is 1.62. The van der Waals surface area contributed by atoms with Gasteiger partial charge in [0.15, 0.2) is 0 Å². The second-order valence-corrected chi connectivity index (χ2v) is 4.59. The topological polar surface area (TPSA) is 70.4 Å². The van der Waals surface area contributed by atoms with E-state index >= 15 is 0 Å². The molecule has 0 saturated heterocycles. The van der Waals surface area contributed by atoms with Crippen LogP contribution in [0.5, 0.6) is 0 Å². The number of aromatic nitrogens is 2. The van der Waals surface area contributed by atoms with Crippen LogP contribution in [0.2, 0.25) is 0 Å². The first-order valence-corrected chi connectivity index (χ1v) is 6.17. The van der Waals surface area contributed by atoms with Gasteiger partial charge in [-0.3, -0.25) is 9.48 Å². The molecule has 0 saturated carbocycles. The van der Waals surface area contributed by atoms with E-state index < -0.39 is 6.10 Å². The fraction of sp³-hybridized carbons (Fsp3) is 0.667. The molecule has 1 aromatic rings. The van der Waals surface area contributed by atoms with E-state index in [2.05, 4.69) is 17.3 Å². The third kappa shape index (κ3) is 4.85. The molecule has 0 bridgehead atoms. The average Bonchev–Trinajstić information content (AvgIpc) is 2.74. The van der Waals surface area contributed by atoms with Crippen molar-refractivity contribution in [3.63, 3.8) is 0 Å². The van der Waals surface area contributed by atoms with Gasteiger partial charge in [-0.1, -0.05) is 6.92 Å². The van der Waals surface area contributed by atoms with E-state index in [1.807, 2.05) is 19.0 Å². The normalized spacial score (nSPS) is 12.7. The van der Waals surface area contributed by atoms with Gasteiger partial charge in [-0.15, -0.1) is 0 Å². The number of hydrogen-bond donors (Lipinski definition) is 2. The van der Waals surface area contributed by atoms with Crippen LogP contribution >= 0.6 is 0 Å². The summed E-state index contributed by atoms with van der Waals surface area (Å²) in [6, 6.07) is 1.68. The summed E-state index contributed by atoms with van der Waals surface area (Å²) in [4.78, 5) is 13.6. The van der Waals surface area contributed by atoms with Gasteiger partial charge in [0.1, 0.15) is 5.69 Å². The number of aliphatic hydroxyl groups is 1. The summed E-state index contributed by atoms with van der Waals surface area (Å²) in [5.41, 5.74) is 0.389. The zero-order valence-electron chi connectivity index (χ0n) is 11.3.